The lowest BCUT2D eigenvalue weighted by Crippen LogP contribution is -2.36. The summed E-state index contributed by atoms with van der Waals surface area (Å²) in [6, 6.07) is -0.586. The van der Waals surface area contributed by atoms with E-state index in [0.717, 1.165) is 0 Å². The number of amides is 2. The van der Waals surface area contributed by atoms with E-state index in [2.05, 4.69) is 10.6 Å². The van der Waals surface area contributed by atoms with Crippen molar-refractivity contribution in [2.24, 2.45) is 0 Å². The highest BCUT2D eigenvalue weighted by Crippen LogP contribution is 2.20. The standard InChI is InChI=1S/C9H15F3N2O3/c10-9(11,12)4-2-6-14-8(17)13-5-1-3-7(15)16/h1-6H2,(H,15,16)(H2,13,14,17). The van der Waals surface area contributed by atoms with E-state index in [0.29, 0.717) is 0 Å². The van der Waals surface area contributed by atoms with E-state index in [1.165, 1.54) is 0 Å². The Kier molecular flexibility index (Phi) is 7.08. The van der Waals surface area contributed by atoms with Crippen LogP contribution in [0.4, 0.5) is 18.0 Å². The van der Waals surface area contributed by atoms with Gasteiger partial charge in [-0.05, 0) is 12.8 Å². The molecule has 0 atom stereocenters. The zero-order valence-corrected chi connectivity index (χ0v) is 9.14. The maximum atomic E-state index is 11.7. The normalized spacial score (nSPS) is 11.0. The van der Waals surface area contributed by atoms with Crippen LogP contribution < -0.4 is 10.6 Å². The van der Waals surface area contributed by atoms with Crippen LogP contribution in [0.15, 0.2) is 0 Å². The third-order valence-electron chi connectivity index (χ3n) is 1.78. The van der Waals surface area contributed by atoms with E-state index in [9.17, 15) is 22.8 Å². The molecule has 0 heterocycles. The lowest BCUT2D eigenvalue weighted by molar-refractivity contribution is -0.137. The van der Waals surface area contributed by atoms with Crippen LogP contribution in [0.5, 0.6) is 0 Å². The van der Waals surface area contributed by atoms with E-state index in [-0.39, 0.29) is 32.4 Å². The van der Waals surface area contributed by atoms with Crippen LogP contribution in [-0.4, -0.2) is 36.4 Å². The summed E-state index contributed by atoms with van der Waals surface area (Å²) in [5.41, 5.74) is 0. The lowest BCUT2D eigenvalue weighted by atomic mass is 10.3. The molecule has 0 aliphatic heterocycles. The number of carboxylic acid groups (broad SMARTS) is 1. The molecule has 0 radical (unpaired) electrons. The molecule has 0 bridgehead atoms. The average molecular weight is 256 g/mol. The number of rotatable bonds is 7. The summed E-state index contributed by atoms with van der Waals surface area (Å²) in [6.45, 7) is 0.113. The maximum Gasteiger partial charge on any atom is 0.389 e. The van der Waals surface area contributed by atoms with Crippen molar-refractivity contribution in [3.63, 3.8) is 0 Å². The van der Waals surface area contributed by atoms with Gasteiger partial charge in [-0.3, -0.25) is 4.79 Å². The Morgan fingerprint density at radius 2 is 1.59 bits per heavy atom. The number of carboxylic acids is 1. The second-order valence-corrected chi connectivity index (χ2v) is 3.40. The van der Waals surface area contributed by atoms with Crippen molar-refractivity contribution in [3.8, 4) is 0 Å². The highest BCUT2D eigenvalue weighted by Gasteiger charge is 2.25. The molecule has 5 nitrogen and oxygen atoms in total. The van der Waals surface area contributed by atoms with Gasteiger partial charge in [0.1, 0.15) is 0 Å². The summed E-state index contributed by atoms with van der Waals surface area (Å²) in [5.74, 6) is -0.961. The third kappa shape index (κ3) is 12.5. The molecule has 0 rings (SSSR count). The third-order valence-corrected chi connectivity index (χ3v) is 1.78. The highest BCUT2D eigenvalue weighted by atomic mass is 19.4. The molecular formula is C9H15F3N2O3. The van der Waals surface area contributed by atoms with Gasteiger partial charge >= 0.3 is 18.2 Å². The number of halogens is 3. The number of aliphatic carboxylic acids is 1. The number of carbonyl (C=O) groups is 2. The van der Waals surface area contributed by atoms with Crippen LogP contribution in [0.3, 0.4) is 0 Å². The molecule has 100 valence electrons. The molecular weight excluding hydrogens is 241 g/mol. The van der Waals surface area contributed by atoms with Gasteiger partial charge in [-0.25, -0.2) is 4.79 Å². The highest BCUT2D eigenvalue weighted by molar-refractivity contribution is 5.73. The molecule has 3 N–H and O–H groups in total. The SMILES string of the molecule is O=C(O)CCCNC(=O)NCCCC(F)(F)F. The van der Waals surface area contributed by atoms with Crippen LogP contribution in [0.25, 0.3) is 0 Å². The Bertz CT molecular complexity index is 256. The monoisotopic (exact) mass is 256 g/mol. The van der Waals surface area contributed by atoms with Crippen molar-refractivity contribution in [1.29, 1.82) is 0 Å². The number of urea groups is 1. The van der Waals surface area contributed by atoms with Gasteiger partial charge in [0.05, 0.1) is 0 Å². The van der Waals surface area contributed by atoms with Crippen molar-refractivity contribution >= 4 is 12.0 Å². The number of hydrogen-bond acceptors (Lipinski definition) is 2. The molecule has 0 saturated heterocycles. The van der Waals surface area contributed by atoms with Gasteiger partial charge in [0.15, 0.2) is 0 Å². The van der Waals surface area contributed by atoms with E-state index in [1.807, 2.05) is 0 Å². The summed E-state index contributed by atoms with van der Waals surface area (Å²) in [4.78, 5) is 21.1. The first kappa shape index (κ1) is 15.5. The minimum Gasteiger partial charge on any atom is -0.481 e. The first-order valence-corrected chi connectivity index (χ1v) is 5.11. The van der Waals surface area contributed by atoms with Crippen molar-refractivity contribution in [2.45, 2.75) is 31.9 Å². The predicted molar refractivity (Wildman–Crippen MR) is 53.6 cm³/mol. The number of carbonyl (C=O) groups excluding carboxylic acids is 1. The molecule has 0 aliphatic rings. The fraction of sp³-hybridized carbons (Fsp3) is 0.778. The van der Waals surface area contributed by atoms with Gasteiger partial charge in [-0.1, -0.05) is 0 Å². The minimum atomic E-state index is -4.21. The quantitative estimate of drug-likeness (QED) is 0.604. The maximum absolute atomic E-state index is 11.7. The molecule has 2 amide bonds. The topological polar surface area (TPSA) is 78.4 Å². The summed E-state index contributed by atoms with van der Waals surface area (Å²) in [7, 11) is 0. The Balaban J connectivity index is 3.38. The van der Waals surface area contributed by atoms with Gasteiger partial charge in [0, 0.05) is 25.9 Å². The second kappa shape index (κ2) is 7.75. The van der Waals surface area contributed by atoms with Crippen molar-refractivity contribution in [3.05, 3.63) is 0 Å². The Labute approximate surface area is 96.4 Å². The van der Waals surface area contributed by atoms with Crippen molar-refractivity contribution in [1.82, 2.24) is 10.6 Å². The van der Waals surface area contributed by atoms with Crippen molar-refractivity contribution < 1.29 is 27.9 Å². The molecule has 8 heteroatoms. The van der Waals surface area contributed by atoms with E-state index in [1.54, 1.807) is 0 Å². The van der Waals surface area contributed by atoms with Crippen LogP contribution >= 0.6 is 0 Å². The zero-order valence-electron chi connectivity index (χ0n) is 9.14. The predicted octanol–water partition coefficient (Wildman–Crippen LogP) is 1.49. The Hall–Kier alpha value is -1.47. The number of nitrogens with one attached hydrogen (secondary N) is 2. The molecule has 0 fully saturated rings. The van der Waals surface area contributed by atoms with Gasteiger partial charge in [0.2, 0.25) is 0 Å². The fourth-order valence-corrected chi connectivity index (χ4v) is 0.995. The van der Waals surface area contributed by atoms with Crippen molar-refractivity contribution in [2.75, 3.05) is 13.1 Å². The summed E-state index contributed by atoms with van der Waals surface area (Å²) in [5, 5.41) is 12.9. The summed E-state index contributed by atoms with van der Waals surface area (Å²) < 4.78 is 35.2. The average Bonchev–Trinajstić information content (AvgIpc) is 2.18. The first-order valence-electron chi connectivity index (χ1n) is 5.11. The second-order valence-electron chi connectivity index (χ2n) is 3.40. The van der Waals surface area contributed by atoms with Crippen LogP contribution in [0.1, 0.15) is 25.7 Å². The Morgan fingerprint density at radius 3 is 2.06 bits per heavy atom. The summed E-state index contributed by atoms with van der Waals surface area (Å²) >= 11 is 0. The molecule has 0 spiro atoms. The molecule has 0 saturated carbocycles. The molecule has 0 aromatic rings. The van der Waals surface area contributed by atoms with E-state index >= 15 is 0 Å². The van der Waals surface area contributed by atoms with Crippen LogP contribution in [0.2, 0.25) is 0 Å². The van der Waals surface area contributed by atoms with E-state index < -0.39 is 24.6 Å². The number of alkyl halides is 3. The Morgan fingerprint density at radius 1 is 1.06 bits per heavy atom. The molecule has 0 aromatic heterocycles. The van der Waals surface area contributed by atoms with Gasteiger partial charge in [-0.15, -0.1) is 0 Å². The van der Waals surface area contributed by atoms with Gasteiger partial charge in [0.25, 0.3) is 0 Å². The van der Waals surface area contributed by atoms with Crippen LogP contribution in [-0.2, 0) is 4.79 Å². The molecule has 17 heavy (non-hydrogen) atoms. The molecule has 0 aromatic carbocycles. The van der Waals surface area contributed by atoms with E-state index in [4.69, 9.17) is 5.11 Å². The largest absolute Gasteiger partial charge is 0.481 e. The zero-order chi connectivity index (χ0) is 13.3. The lowest BCUT2D eigenvalue weighted by Gasteiger charge is -2.08. The minimum absolute atomic E-state index is 0.0612. The molecule has 0 unspecified atom stereocenters. The molecule has 0 aliphatic carbocycles. The summed E-state index contributed by atoms with van der Waals surface area (Å²) in [6.07, 6.45) is -5.10. The van der Waals surface area contributed by atoms with Gasteiger partial charge < -0.3 is 15.7 Å². The van der Waals surface area contributed by atoms with Gasteiger partial charge in [-0.2, -0.15) is 13.2 Å². The number of hydrogen-bond donors (Lipinski definition) is 3. The smallest absolute Gasteiger partial charge is 0.389 e. The fourth-order valence-electron chi connectivity index (χ4n) is 0.995. The van der Waals surface area contributed by atoms with Crippen LogP contribution in [0, 0.1) is 0 Å². The first-order chi connectivity index (χ1) is 7.81.